The molecule has 5 rings (SSSR count). The Bertz CT molecular complexity index is 1450. The van der Waals surface area contributed by atoms with Gasteiger partial charge >= 0.3 is 12.2 Å². The van der Waals surface area contributed by atoms with Gasteiger partial charge in [0.2, 0.25) is 0 Å². The Morgan fingerprint density at radius 2 is 1.58 bits per heavy atom. The molecule has 3 aromatic carbocycles. The number of rotatable bonds is 10. The van der Waals surface area contributed by atoms with Crippen molar-refractivity contribution in [1.82, 2.24) is 25.1 Å². The molecule has 2 N–H and O–H groups in total. The number of carbonyl (C=O) groups is 1. The monoisotopic (exact) mass is 589 g/mol. The molecule has 1 aliphatic rings. The number of piperidine rings is 1. The normalized spacial score (nSPS) is 14.5. The SMILES string of the molecule is Cc1[nH]c(-c2ccc(C(F)(F)F)cc2)nc1CN1CCC(N(Cc2ccccc2)C(=O)NCCCc2ccccc2)CC1. The maximum Gasteiger partial charge on any atom is 0.416 e. The number of alkyl halides is 3. The lowest BCUT2D eigenvalue weighted by molar-refractivity contribution is -0.137. The number of benzene rings is 3. The van der Waals surface area contributed by atoms with E-state index in [1.165, 1.54) is 17.7 Å². The predicted octanol–water partition coefficient (Wildman–Crippen LogP) is 7.21. The Morgan fingerprint density at radius 1 is 0.953 bits per heavy atom. The van der Waals surface area contributed by atoms with Crippen LogP contribution in [0.2, 0.25) is 0 Å². The first-order valence-corrected chi connectivity index (χ1v) is 14.8. The zero-order chi connectivity index (χ0) is 30.2. The van der Waals surface area contributed by atoms with Crippen molar-refractivity contribution < 1.29 is 18.0 Å². The van der Waals surface area contributed by atoms with Crippen LogP contribution in [-0.2, 0) is 25.7 Å². The first-order valence-electron chi connectivity index (χ1n) is 14.8. The van der Waals surface area contributed by atoms with Crippen molar-refractivity contribution in [1.29, 1.82) is 0 Å². The number of hydrogen-bond donors (Lipinski definition) is 2. The van der Waals surface area contributed by atoms with E-state index < -0.39 is 11.7 Å². The third-order valence-electron chi connectivity index (χ3n) is 8.06. The molecule has 0 radical (unpaired) electrons. The van der Waals surface area contributed by atoms with Crippen molar-refractivity contribution in [2.75, 3.05) is 19.6 Å². The van der Waals surface area contributed by atoms with E-state index in [4.69, 9.17) is 4.98 Å². The molecular weight excluding hydrogens is 551 g/mol. The van der Waals surface area contributed by atoms with Crippen LogP contribution < -0.4 is 5.32 Å². The molecule has 1 saturated heterocycles. The standard InChI is InChI=1S/C34H38F3N5O/c1-25-31(40-32(39-25)28-14-16-29(17-15-28)34(35,36)37)24-41-21-18-30(19-22-41)42(23-27-11-6-3-7-12-27)33(43)38-20-8-13-26-9-4-2-5-10-26/h2-7,9-12,14-17,30H,8,13,18-24H2,1H3,(H,38,43)(H,39,40). The van der Waals surface area contributed by atoms with Gasteiger partial charge in [-0.1, -0.05) is 72.8 Å². The largest absolute Gasteiger partial charge is 0.416 e. The number of imidazole rings is 1. The lowest BCUT2D eigenvalue weighted by Gasteiger charge is -2.38. The molecule has 43 heavy (non-hydrogen) atoms. The minimum Gasteiger partial charge on any atom is -0.342 e. The maximum atomic E-state index is 13.4. The molecule has 0 aliphatic carbocycles. The molecular formula is C34H38F3N5O. The molecule has 6 nitrogen and oxygen atoms in total. The van der Waals surface area contributed by atoms with Crippen molar-refractivity contribution in [3.8, 4) is 11.4 Å². The van der Waals surface area contributed by atoms with Crippen molar-refractivity contribution in [3.05, 3.63) is 113 Å². The summed E-state index contributed by atoms with van der Waals surface area (Å²) in [5.41, 5.74) is 4.09. The average molecular weight is 590 g/mol. The van der Waals surface area contributed by atoms with Crippen molar-refractivity contribution >= 4 is 6.03 Å². The smallest absolute Gasteiger partial charge is 0.342 e. The number of nitrogens with one attached hydrogen (secondary N) is 2. The highest BCUT2D eigenvalue weighted by molar-refractivity contribution is 5.74. The second kappa shape index (κ2) is 13.9. The lowest BCUT2D eigenvalue weighted by Crippen LogP contribution is -2.50. The second-order valence-electron chi connectivity index (χ2n) is 11.2. The summed E-state index contributed by atoms with van der Waals surface area (Å²) in [6.45, 7) is 5.40. The van der Waals surface area contributed by atoms with E-state index in [2.05, 4.69) is 39.5 Å². The Hall–Kier alpha value is -4.11. The van der Waals surface area contributed by atoms with Gasteiger partial charge in [-0.05, 0) is 55.9 Å². The number of aryl methyl sites for hydroxylation is 2. The van der Waals surface area contributed by atoms with E-state index >= 15 is 0 Å². The Balaban J connectivity index is 1.17. The number of halogens is 3. The summed E-state index contributed by atoms with van der Waals surface area (Å²) in [5.74, 6) is 0.564. The van der Waals surface area contributed by atoms with Gasteiger partial charge in [0.1, 0.15) is 5.82 Å². The Morgan fingerprint density at radius 3 is 2.21 bits per heavy atom. The fourth-order valence-electron chi connectivity index (χ4n) is 5.59. The molecule has 1 fully saturated rings. The number of nitrogens with zero attached hydrogens (tertiary/aromatic N) is 3. The number of amides is 2. The number of H-pyrrole nitrogens is 1. The molecule has 0 unspecified atom stereocenters. The molecule has 226 valence electrons. The van der Waals surface area contributed by atoms with Crippen molar-refractivity contribution in [3.63, 3.8) is 0 Å². The highest BCUT2D eigenvalue weighted by atomic mass is 19.4. The Labute approximate surface area is 250 Å². The zero-order valence-electron chi connectivity index (χ0n) is 24.4. The molecule has 2 heterocycles. The van der Waals surface area contributed by atoms with E-state index in [0.717, 1.165) is 67.9 Å². The van der Waals surface area contributed by atoms with Gasteiger partial charge in [-0.2, -0.15) is 13.2 Å². The van der Waals surface area contributed by atoms with Gasteiger partial charge in [0, 0.05) is 50.0 Å². The van der Waals surface area contributed by atoms with Crippen molar-refractivity contribution in [2.45, 2.75) is 57.9 Å². The van der Waals surface area contributed by atoms with Gasteiger partial charge < -0.3 is 15.2 Å². The van der Waals surface area contributed by atoms with Gasteiger partial charge in [0.05, 0.1) is 11.3 Å². The molecule has 0 saturated carbocycles. The first-order chi connectivity index (χ1) is 20.8. The zero-order valence-corrected chi connectivity index (χ0v) is 24.4. The third kappa shape index (κ3) is 8.26. The van der Waals surface area contributed by atoms with Gasteiger partial charge in [-0.25, -0.2) is 9.78 Å². The fourth-order valence-corrected chi connectivity index (χ4v) is 5.59. The van der Waals surface area contributed by atoms with Crippen LogP contribution >= 0.6 is 0 Å². The van der Waals surface area contributed by atoms with Gasteiger partial charge in [-0.3, -0.25) is 4.90 Å². The number of hydrogen-bond acceptors (Lipinski definition) is 3. The van der Waals surface area contributed by atoms with Crippen molar-refractivity contribution in [2.24, 2.45) is 0 Å². The van der Waals surface area contributed by atoms with Crippen LogP contribution in [0.15, 0.2) is 84.9 Å². The molecule has 1 aliphatic heterocycles. The van der Waals surface area contributed by atoms with E-state index in [1.807, 2.05) is 48.2 Å². The molecule has 2 amide bonds. The quantitative estimate of drug-likeness (QED) is 0.192. The van der Waals surface area contributed by atoms with Crippen LogP contribution in [0.3, 0.4) is 0 Å². The number of aromatic amines is 1. The third-order valence-corrected chi connectivity index (χ3v) is 8.06. The average Bonchev–Trinajstić information content (AvgIpc) is 3.39. The summed E-state index contributed by atoms with van der Waals surface area (Å²) >= 11 is 0. The summed E-state index contributed by atoms with van der Waals surface area (Å²) in [7, 11) is 0. The lowest BCUT2D eigenvalue weighted by atomic mass is 10.0. The second-order valence-corrected chi connectivity index (χ2v) is 11.2. The van der Waals surface area contributed by atoms with Crippen LogP contribution in [0.1, 0.15) is 47.3 Å². The Kier molecular flexibility index (Phi) is 9.82. The molecule has 4 aromatic rings. The molecule has 0 spiro atoms. The van der Waals surface area contributed by atoms with Gasteiger partial charge in [-0.15, -0.1) is 0 Å². The van der Waals surface area contributed by atoms with E-state index in [0.29, 0.717) is 31.0 Å². The maximum absolute atomic E-state index is 13.4. The van der Waals surface area contributed by atoms with Gasteiger partial charge in [0.15, 0.2) is 0 Å². The van der Waals surface area contributed by atoms with Crippen LogP contribution in [-0.4, -0.2) is 51.5 Å². The predicted molar refractivity (Wildman–Crippen MR) is 162 cm³/mol. The highest BCUT2D eigenvalue weighted by Crippen LogP contribution is 2.31. The summed E-state index contributed by atoms with van der Waals surface area (Å²) in [5, 5.41) is 3.16. The summed E-state index contributed by atoms with van der Waals surface area (Å²) < 4.78 is 38.9. The summed E-state index contributed by atoms with van der Waals surface area (Å²) in [6.07, 6.45) is -0.871. The van der Waals surface area contributed by atoms with E-state index in [9.17, 15) is 18.0 Å². The first kappa shape index (κ1) is 30.4. The summed E-state index contributed by atoms with van der Waals surface area (Å²) in [4.78, 5) is 25.7. The highest BCUT2D eigenvalue weighted by Gasteiger charge is 2.31. The summed E-state index contributed by atoms with van der Waals surface area (Å²) in [6, 6.07) is 25.5. The molecule has 0 bridgehead atoms. The van der Waals surface area contributed by atoms with E-state index in [-0.39, 0.29) is 12.1 Å². The van der Waals surface area contributed by atoms with Crippen LogP contribution in [0.4, 0.5) is 18.0 Å². The molecule has 1 aromatic heterocycles. The number of aromatic nitrogens is 2. The van der Waals surface area contributed by atoms with Gasteiger partial charge in [0.25, 0.3) is 0 Å². The minimum atomic E-state index is -4.37. The fraction of sp³-hybridized carbons (Fsp3) is 0.353. The van der Waals surface area contributed by atoms with Crippen LogP contribution in [0.25, 0.3) is 11.4 Å². The number of urea groups is 1. The molecule has 9 heteroatoms. The van der Waals surface area contributed by atoms with Crippen LogP contribution in [0.5, 0.6) is 0 Å². The molecule has 0 atom stereocenters. The topological polar surface area (TPSA) is 64.3 Å². The minimum absolute atomic E-state index is 0.0281. The van der Waals surface area contributed by atoms with E-state index in [1.54, 1.807) is 0 Å². The van der Waals surface area contributed by atoms with Crippen LogP contribution in [0, 0.1) is 6.92 Å². The number of likely N-dealkylation sites (tertiary alicyclic amines) is 1. The number of carbonyl (C=O) groups excluding carboxylic acids is 1.